The van der Waals surface area contributed by atoms with Crippen LogP contribution in [0.4, 0.5) is 10.5 Å². The Kier molecular flexibility index (Phi) is 11.8. The lowest BCUT2D eigenvalue weighted by Crippen LogP contribution is -2.47. The zero-order valence-corrected chi connectivity index (χ0v) is 22.1. The predicted octanol–water partition coefficient (Wildman–Crippen LogP) is 3.23. The molecule has 1 aliphatic heterocycles. The highest BCUT2D eigenvalue weighted by Gasteiger charge is 2.29. The van der Waals surface area contributed by atoms with E-state index in [9.17, 15) is 14.7 Å². The summed E-state index contributed by atoms with van der Waals surface area (Å²) in [7, 11) is 1.89. The van der Waals surface area contributed by atoms with Crippen LogP contribution in [0.25, 0.3) is 0 Å². The highest BCUT2D eigenvalue weighted by Crippen LogP contribution is 2.28. The van der Waals surface area contributed by atoms with Crippen molar-refractivity contribution in [2.75, 3.05) is 38.7 Å². The van der Waals surface area contributed by atoms with Crippen molar-refractivity contribution in [1.29, 1.82) is 0 Å². The Labute approximate surface area is 209 Å². The van der Waals surface area contributed by atoms with Crippen LogP contribution in [0.2, 0.25) is 0 Å². The number of carbonyl (C=O) groups excluding carboxylic acids is 2. The summed E-state index contributed by atoms with van der Waals surface area (Å²) in [5.74, 6) is 0.249. The van der Waals surface area contributed by atoms with E-state index in [2.05, 4.69) is 22.9 Å². The Morgan fingerprint density at radius 3 is 2.63 bits per heavy atom. The Hall–Kier alpha value is -2.36. The third-order valence-electron chi connectivity index (χ3n) is 6.13. The summed E-state index contributed by atoms with van der Waals surface area (Å²) in [6.07, 6.45) is 2.55. The molecular formula is C26H44N4O5. The van der Waals surface area contributed by atoms with Gasteiger partial charge in [0, 0.05) is 37.3 Å². The summed E-state index contributed by atoms with van der Waals surface area (Å²) in [5.41, 5.74) is 0.850. The van der Waals surface area contributed by atoms with Crippen molar-refractivity contribution in [1.82, 2.24) is 15.5 Å². The predicted molar refractivity (Wildman–Crippen MR) is 138 cm³/mol. The number of amides is 3. The molecule has 2 rings (SSSR count). The summed E-state index contributed by atoms with van der Waals surface area (Å²) in [4.78, 5) is 27.8. The van der Waals surface area contributed by atoms with E-state index in [1.165, 1.54) is 0 Å². The van der Waals surface area contributed by atoms with E-state index in [0.29, 0.717) is 36.7 Å². The fourth-order valence-electron chi connectivity index (χ4n) is 4.12. The van der Waals surface area contributed by atoms with Crippen molar-refractivity contribution < 1.29 is 24.2 Å². The molecule has 4 atom stereocenters. The number of aliphatic hydroxyl groups excluding tert-OH is 1. The number of hydrogen-bond donors (Lipinski definition) is 4. The molecule has 0 saturated heterocycles. The first-order chi connectivity index (χ1) is 16.7. The molecule has 1 aromatic carbocycles. The topological polar surface area (TPSA) is 112 Å². The van der Waals surface area contributed by atoms with Crippen molar-refractivity contribution in [3.63, 3.8) is 0 Å². The molecule has 35 heavy (non-hydrogen) atoms. The van der Waals surface area contributed by atoms with Crippen LogP contribution < -0.4 is 20.7 Å². The minimum Gasteiger partial charge on any atom is -0.490 e. The number of likely N-dealkylation sites (N-methyl/N-ethyl adjacent to an activating group) is 1. The van der Waals surface area contributed by atoms with Gasteiger partial charge in [-0.05, 0) is 72.2 Å². The molecule has 0 saturated carbocycles. The van der Waals surface area contributed by atoms with E-state index in [1.807, 2.05) is 34.7 Å². The Bertz CT molecular complexity index is 819. The molecule has 0 bridgehead atoms. The third kappa shape index (κ3) is 8.98. The first kappa shape index (κ1) is 28.9. The number of aliphatic hydroxyl groups is 1. The number of ether oxygens (including phenoxy) is 2. The number of hydrogen-bond acceptors (Lipinski definition) is 6. The monoisotopic (exact) mass is 492 g/mol. The number of benzene rings is 1. The van der Waals surface area contributed by atoms with E-state index in [1.54, 1.807) is 23.1 Å². The van der Waals surface area contributed by atoms with Crippen LogP contribution in [-0.2, 0) is 4.74 Å². The average molecular weight is 493 g/mol. The maximum atomic E-state index is 13.9. The molecular weight excluding hydrogens is 448 g/mol. The quantitative estimate of drug-likeness (QED) is 0.485. The van der Waals surface area contributed by atoms with Crippen LogP contribution in [-0.4, -0.2) is 79.6 Å². The van der Waals surface area contributed by atoms with Gasteiger partial charge in [-0.15, -0.1) is 0 Å². The first-order valence-electron chi connectivity index (χ1n) is 12.7. The van der Waals surface area contributed by atoms with Crippen LogP contribution in [0.1, 0.15) is 64.2 Å². The molecule has 0 unspecified atom stereocenters. The molecule has 0 aliphatic carbocycles. The van der Waals surface area contributed by atoms with Crippen LogP contribution in [0, 0.1) is 5.92 Å². The summed E-state index contributed by atoms with van der Waals surface area (Å²) < 4.78 is 12.4. The lowest BCUT2D eigenvalue weighted by atomic mass is 10.0. The van der Waals surface area contributed by atoms with E-state index in [-0.39, 0.29) is 42.7 Å². The van der Waals surface area contributed by atoms with Gasteiger partial charge in [0.2, 0.25) is 0 Å². The average Bonchev–Trinajstić information content (AvgIpc) is 2.80. The highest BCUT2D eigenvalue weighted by molar-refractivity contribution is 5.99. The van der Waals surface area contributed by atoms with E-state index in [4.69, 9.17) is 9.47 Å². The van der Waals surface area contributed by atoms with Crippen molar-refractivity contribution >= 4 is 17.6 Å². The number of nitrogens with zero attached hydrogens (tertiary/aromatic N) is 1. The van der Waals surface area contributed by atoms with Gasteiger partial charge in [0.05, 0.1) is 30.4 Å². The molecule has 9 nitrogen and oxygen atoms in total. The smallest absolute Gasteiger partial charge is 0.319 e. The van der Waals surface area contributed by atoms with Gasteiger partial charge in [-0.1, -0.05) is 6.92 Å². The van der Waals surface area contributed by atoms with Crippen molar-refractivity contribution in [3.8, 4) is 5.75 Å². The largest absolute Gasteiger partial charge is 0.490 e. The molecule has 0 spiro atoms. The number of nitrogens with one attached hydrogen (secondary N) is 3. The molecule has 9 heteroatoms. The van der Waals surface area contributed by atoms with Crippen molar-refractivity contribution in [2.24, 2.45) is 5.92 Å². The fraction of sp³-hybridized carbons (Fsp3) is 0.692. The minimum absolute atomic E-state index is 0.0201. The molecule has 1 heterocycles. The summed E-state index contributed by atoms with van der Waals surface area (Å²) >= 11 is 0. The molecule has 4 N–H and O–H groups in total. The molecule has 0 radical (unpaired) electrons. The van der Waals surface area contributed by atoms with Gasteiger partial charge in [-0.25, -0.2) is 4.79 Å². The number of anilines is 1. The first-order valence-corrected chi connectivity index (χ1v) is 12.7. The van der Waals surface area contributed by atoms with Gasteiger partial charge in [0.25, 0.3) is 5.91 Å². The molecule has 1 aliphatic rings. The van der Waals surface area contributed by atoms with Crippen LogP contribution in [0.3, 0.4) is 0 Å². The Morgan fingerprint density at radius 1 is 1.23 bits per heavy atom. The third-order valence-corrected chi connectivity index (χ3v) is 6.13. The number of rotatable bonds is 6. The normalized spacial score (nSPS) is 23.1. The van der Waals surface area contributed by atoms with Gasteiger partial charge in [0.15, 0.2) is 0 Å². The van der Waals surface area contributed by atoms with Crippen molar-refractivity contribution in [2.45, 2.75) is 78.2 Å². The van der Waals surface area contributed by atoms with Crippen molar-refractivity contribution in [3.05, 3.63) is 23.8 Å². The van der Waals surface area contributed by atoms with Crippen LogP contribution in [0.15, 0.2) is 18.2 Å². The molecule has 198 valence electrons. The van der Waals surface area contributed by atoms with E-state index < -0.39 is 6.04 Å². The number of carbonyl (C=O) groups is 2. The van der Waals surface area contributed by atoms with Gasteiger partial charge in [-0.3, -0.25) is 4.79 Å². The number of urea groups is 1. The molecule has 1 aromatic rings. The Balaban J connectivity index is 2.46. The maximum absolute atomic E-state index is 13.9. The van der Waals surface area contributed by atoms with Crippen LogP contribution >= 0.6 is 0 Å². The molecule has 0 aromatic heterocycles. The second kappa shape index (κ2) is 14.3. The zero-order valence-electron chi connectivity index (χ0n) is 22.1. The van der Waals surface area contributed by atoms with Gasteiger partial charge in [-0.2, -0.15) is 0 Å². The zero-order chi connectivity index (χ0) is 26.0. The second-order valence-electron chi connectivity index (χ2n) is 9.82. The minimum atomic E-state index is -0.404. The second-order valence-corrected chi connectivity index (χ2v) is 9.82. The molecule has 3 amide bonds. The molecule has 0 fully saturated rings. The summed E-state index contributed by atoms with van der Waals surface area (Å²) in [5, 5.41) is 18.7. The lowest BCUT2D eigenvalue weighted by molar-refractivity contribution is -0.000451. The number of fused-ring (bicyclic) bond motifs is 1. The summed E-state index contributed by atoms with van der Waals surface area (Å²) in [6.45, 7) is 11.2. The van der Waals surface area contributed by atoms with E-state index in [0.717, 1.165) is 19.3 Å². The van der Waals surface area contributed by atoms with Gasteiger partial charge < -0.3 is 35.4 Å². The SMILES string of the molecule is CNC[C@@H]1OCCCC[C@@H](C)Oc2ccc(NC(=O)NC(C)C)cc2C(=O)N([C@H](C)CO)C[C@@H]1C. The standard InChI is InChI=1S/C26H44N4O5/c1-17(2)28-26(33)29-21-10-11-23-22(13-21)25(32)30(19(4)16-31)15-18(3)24(14-27-6)34-12-8-7-9-20(5)35-23/h10-11,13,17-20,24,27,31H,7-9,12,14-16H2,1-6H3,(H2,28,29,33)/t18-,19+,20+,24-/m0/s1. The fourth-order valence-corrected chi connectivity index (χ4v) is 4.12. The van der Waals surface area contributed by atoms with E-state index >= 15 is 0 Å². The highest BCUT2D eigenvalue weighted by atomic mass is 16.5. The van der Waals surface area contributed by atoms with Gasteiger partial charge in [0.1, 0.15) is 5.75 Å². The van der Waals surface area contributed by atoms with Gasteiger partial charge >= 0.3 is 6.03 Å². The van der Waals surface area contributed by atoms with Crippen LogP contribution in [0.5, 0.6) is 5.75 Å². The summed E-state index contributed by atoms with van der Waals surface area (Å²) in [6, 6.07) is 4.36. The Morgan fingerprint density at radius 2 is 1.97 bits per heavy atom. The maximum Gasteiger partial charge on any atom is 0.319 e. The lowest BCUT2D eigenvalue weighted by Gasteiger charge is -2.34.